The first kappa shape index (κ1) is 16.0. The van der Waals surface area contributed by atoms with E-state index in [4.69, 9.17) is 4.74 Å². The van der Waals surface area contributed by atoms with Gasteiger partial charge in [0.15, 0.2) is 0 Å². The third-order valence-electron chi connectivity index (χ3n) is 4.11. The molecule has 1 aliphatic heterocycles. The average molecular weight is 318 g/mol. The van der Waals surface area contributed by atoms with E-state index in [-0.39, 0.29) is 11.9 Å². The van der Waals surface area contributed by atoms with E-state index in [0.717, 1.165) is 50.6 Å². The number of benzene rings is 1. The van der Waals surface area contributed by atoms with Crippen LogP contribution in [0.4, 0.5) is 10.1 Å². The summed E-state index contributed by atoms with van der Waals surface area (Å²) in [5, 5.41) is 7.75. The van der Waals surface area contributed by atoms with Gasteiger partial charge in [0.25, 0.3) is 0 Å². The zero-order valence-electron chi connectivity index (χ0n) is 13.4. The van der Waals surface area contributed by atoms with Gasteiger partial charge in [-0.05, 0) is 24.6 Å². The van der Waals surface area contributed by atoms with Crippen LogP contribution < -0.4 is 5.32 Å². The Labute approximate surface area is 136 Å². The maximum atomic E-state index is 13.3. The Morgan fingerprint density at radius 2 is 2.13 bits per heavy atom. The van der Waals surface area contributed by atoms with Crippen LogP contribution in [0.1, 0.15) is 18.5 Å². The number of nitrogens with zero attached hydrogens (tertiary/aromatic N) is 3. The summed E-state index contributed by atoms with van der Waals surface area (Å²) in [6, 6.07) is 6.70. The minimum Gasteiger partial charge on any atom is -0.379 e. The second-order valence-electron chi connectivity index (χ2n) is 5.87. The van der Waals surface area contributed by atoms with Crippen molar-refractivity contribution in [3.8, 4) is 0 Å². The number of ether oxygens (including phenoxy) is 1. The molecule has 0 unspecified atom stereocenters. The molecule has 0 aliphatic carbocycles. The van der Waals surface area contributed by atoms with Gasteiger partial charge < -0.3 is 10.1 Å². The third-order valence-corrected chi connectivity index (χ3v) is 4.11. The predicted octanol–water partition coefficient (Wildman–Crippen LogP) is 2.53. The molecule has 2 heterocycles. The van der Waals surface area contributed by atoms with Crippen LogP contribution in [0.3, 0.4) is 0 Å². The van der Waals surface area contributed by atoms with Crippen molar-refractivity contribution in [1.29, 1.82) is 0 Å². The molecule has 23 heavy (non-hydrogen) atoms. The van der Waals surface area contributed by atoms with Gasteiger partial charge in [0.1, 0.15) is 5.82 Å². The first-order chi connectivity index (χ1) is 11.2. The molecular weight excluding hydrogens is 295 g/mol. The fraction of sp³-hybridized carbons (Fsp3) is 0.471. The molecule has 5 nitrogen and oxygen atoms in total. The highest BCUT2D eigenvalue weighted by Crippen LogP contribution is 2.19. The Morgan fingerprint density at radius 3 is 2.91 bits per heavy atom. The SMILES string of the molecule is C[C@@H](Nc1cnn(CCN2CCOCC2)c1)c1cccc(F)c1. The first-order valence-electron chi connectivity index (χ1n) is 8.05. The first-order valence-corrected chi connectivity index (χ1v) is 8.05. The fourth-order valence-electron chi connectivity index (χ4n) is 2.74. The molecule has 1 aromatic carbocycles. The van der Waals surface area contributed by atoms with E-state index in [1.807, 2.05) is 30.1 Å². The van der Waals surface area contributed by atoms with Crippen molar-refractivity contribution in [3.05, 3.63) is 48.0 Å². The van der Waals surface area contributed by atoms with Crippen molar-refractivity contribution in [2.45, 2.75) is 19.5 Å². The van der Waals surface area contributed by atoms with Gasteiger partial charge in [-0.2, -0.15) is 5.10 Å². The summed E-state index contributed by atoms with van der Waals surface area (Å²) in [6.07, 6.45) is 3.81. The largest absolute Gasteiger partial charge is 0.379 e. The number of hydrogen-bond acceptors (Lipinski definition) is 4. The number of morpholine rings is 1. The lowest BCUT2D eigenvalue weighted by atomic mass is 10.1. The summed E-state index contributed by atoms with van der Waals surface area (Å²) in [5.41, 5.74) is 1.87. The Bertz CT molecular complexity index is 625. The minimum atomic E-state index is -0.211. The lowest BCUT2D eigenvalue weighted by Gasteiger charge is -2.26. The maximum Gasteiger partial charge on any atom is 0.123 e. The molecule has 124 valence electrons. The maximum absolute atomic E-state index is 13.3. The Kier molecular flexibility index (Phi) is 5.25. The van der Waals surface area contributed by atoms with Crippen molar-refractivity contribution < 1.29 is 9.13 Å². The topological polar surface area (TPSA) is 42.3 Å². The molecule has 0 amide bonds. The summed E-state index contributed by atoms with van der Waals surface area (Å²) in [4.78, 5) is 2.38. The highest BCUT2D eigenvalue weighted by Gasteiger charge is 2.11. The molecule has 2 aromatic rings. The number of anilines is 1. The van der Waals surface area contributed by atoms with Gasteiger partial charge in [0.05, 0.1) is 31.6 Å². The lowest BCUT2D eigenvalue weighted by Crippen LogP contribution is -2.38. The molecule has 0 spiro atoms. The molecule has 1 aliphatic rings. The molecule has 0 saturated carbocycles. The van der Waals surface area contributed by atoms with E-state index < -0.39 is 0 Å². The molecule has 1 N–H and O–H groups in total. The lowest BCUT2D eigenvalue weighted by molar-refractivity contribution is 0.0360. The van der Waals surface area contributed by atoms with E-state index in [2.05, 4.69) is 15.3 Å². The number of aromatic nitrogens is 2. The molecule has 3 rings (SSSR count). The molecule has 0 radical (unpaired) electrons. The van der Waals surface area contributed by atoms with Gasteiger partial charge in [-0.15, -0.1) is 0 Å². The van der Waals surface area contributed by atoms with Crippen LogP contribution in [-0.2, 0) is 11.3 Å². The molecule has 1 fully saturated rings. The molecule has 1 atom stereocenters. The van der Waals surface area contributed by atoms with Gasteiger partial charge in [-0.25, -0.2) is 4.39 Å². The highest BCUT2D eigenvalue weighted by molar-refractivity contribution is 5.41. The molecule has 0 bridgehead atoms. The number of nitrogens with one attached hydrogen (secondary N) is 1. The van der Waals surface area contributed by atoms with Gasteiger partial charge in [-0.1, -0.05) is 12.1 Å². The summed E-state index contributed by atoms with van der Waals surface area (Å²) >= 11 is 0. The van der Waals surface area contributed by atoms with Crippen molar-refractivity contribution in [2.75, 3.05) is 38.2 Å². The Balaban J connectivity index is 1.52. The second kappa shape index (κ2) is 7.57. The van der Waals surface area contributed by atoms with Crippen LogP contribution >= 0.6 is 0 Å². The summed E-state index contributed by atoms with van der Waals surface area (Å²) in [7, 11) is 0. The smallest absolute Gasteiger partial charge is 0.123 e. The Morgan fingerprint density at radius 1 is 1.30 bits per heavy atom. The monoisotopic (exact) mass is 318 g/mol. The van der Waals surface area contributed by atoms with Crippen molar-refractivity contribution in [1.82, 2.24) is 14.7 Å². The van der Waals surface area contributed by atoms with Crippen LogP contribution in [0.15, 0.2) is 36.7 Å². The summed E-state index contributed by atoms with van der Waals surface area (Å²) < 4.78 is 20.6. The van der Waals surface area contributed by atoms with Crippen LogP contribution in [0.25, 0.3) is 0 Å². The molecular formula is C17H23FN4O. The zero-order chi connectivity index (χ0) is 16.1. The van der Waals surface area contributed by atoms with E-state index in [1.54, 1.807) is 12.1 Å². The Hall–Kier alpha value is -1.92. The number of halogens is 1. The van der Waals surface area contributed by atoms with Crippen LogP contribution in [0.5, 0.6) is 0 Å². The average Bonchev–Trinajstić information content (AvgIpc) is 3.01. The molecule has 1 aromatic heterocycles. The third kappa shape index (κ3) is 4.53. The van der Waals surface area contributed by atoms with E-state index in [9.17, 15) is 4.39 Å². The predicted molar refractivity (Wildman–Crippen MR) is 87.9 cm³/mol. The van der Waals surface area contributed by atoms with Crippen molar-refractivity contribution in [2.24, 2.45) is 0 Å². The van der Waals surface area contributed by atoms with E-state index in [1.165, 1.54) is 6.07 Å². The fourth-order valence-corrected chi connectivity index (χ4v) is 2.74. The second-order valence-corrected chi connectivity index (χ2v) is 5.87. The van der Waals surface area contributed by atoms with E-state index in [0.29, 0.717) is 0 Å². The standard InChI is InChI=1S/C17H23FN4O/c1-14(15-3-2-4-16(18)11-15)20-17-12-19-22(13-17)6-5-21-7-9-23-10-8-21/h2-4,11-14,20H,5-10H2,1H3/t14-/m1/s1. The van der Waals surface area contributed by atoms with Crippen molar-refractivity contribution in [3.63, 3.8) is 0 Å². The normalized spacial score (nSPS) is 17.1. The van der Waals surface area contributed by atoms with Gasteiger partial charge in [-0.3, -0.25) is 9.58 Å². The van der Waals surface area contributed by atoms with Gasteiger partial charge >= 0.3 is 0 Å². The van der Waals surface area contributed by atoms with Gasteiger partial charge in [0, 0.05) is 31.9 Å². The quantitative estimate of drug-likeness (QED) is 0.889. The van der Waals surface area contributed by atoms with Crippen LogP contribution in [-0.4, -0.2) is 47.5 Å². The van der Waals surface area contributed by atoms with E-state index >= 15 is 0 Å². The highest BCUT2D eigenvalue weighted by atomic mass is 19.1. The van der Waals surface area contributed by atoms with Crippen LogP contribution in [0.2, 0.25) is 0 Å². The number of rotatable bonds is 6. The summed E-state index contributed by atoms with van der Waals surface area (Å²) in [5.74, 6) is -0.211. The molecule has 1 saturated heterocycles. The minimum absolute atomic E-state index is 0.0302. The zero-order valence-corrected chi connectivity index (χ0v) is 13.4. The summed E-state index contributed by atoms with van der Waals surface area (Å²) in [6.45, 7) is 7.46. The number of hydrogen-bond donors (Lipinski definition) is 1. The van der Waals surface area contributed by atoms with Gasteiger partial charge in [0.2, 0.25) is 0 Å². The molecule has 6 heteroatoms. The van der Waals surface area contributed by atoms with Crippen LogP contribution in [0, 0.1) is 5.82 Å². The van der Waals surface area contributed by atoms with Crippen molar-refractivity contribution >= 4 is 5.69 Å².